The number of benzene rings is 1. The molecule has 0 bridgehead atoms. The highest BCUT2D eigenvalue weighted by Gasteiger charge is 2.23. The molecule has 0 saturated carbocycles. The first-order chi connectivity index (χ1) is 7.68. The molecule has 1 saturated heterocycles. The van der Waals surface area contributed by atoms with Gasteiger partial charge >= 0.3 is 0 Å². The van der Waals surface area contributed by atoms with Crippen LogP contribution < -0.4 is 5.32 Å². The Labute approximate surface area is 94.5 Å². The Morgan fingerprint density at radius 1 is 1.19 bits per heavy atom. The Hall–Kier alpha value is -1.26. The molecule has 0 amide bonds. The lowest BCUT2D eigenvalue weighted by molar-refractivity contribution is 0.113. The van der Waals surface area contributed by atoms with Gasteiger partial charge in [0.05, 0.1) is 6.10 Å². The van der Waals surface area contributed by atoms with Crippen LogP contribution in [-0.2, 0) is 0 Å². The lowest BCUT2D eigenvalue weighted by Gasteiger charge is -2.28. The summed E-state index contributed by atoms with van der Waals surface area (Å²) in [5.74, 6) is -0.347. The van der Waals surface area contributed by atoms with Crippen LogP contribution in [0.5, 0.6) is 11.5 Å². The Bertz CT molecular complexity index is 361. The topological polar surface area (TPSA) is 72.7 Å². The van der Waals surface area contributed by atoms with E-state index in [0.717, 1.165) is 25.8 Å². The van der Waals surface area contributed by atoms with Gasteiger partial charge in [0.15, 0.2) is 11.5 Å². The molecule has 0 aromatic heterocycles. The number of hydrogen-bond acceptors (Lipinski definition) is 4. The van der Waals surface area contributed by atoms with Crippen LogP contribution in [0, 0.1) is 0 Å². The van der Waals surface area contributed by atoms with Crippen LogP contribution in [0.2, 0.25) is 0 Å². The van der Waals surface area contributed by atoms with E-state index in [9.17, 15) is 15.3 Å². The quantitative estimate of drug-likeness (QED) is 0.570. The van der Waals surface area contributed by atoms with Gasteiger partial charge in [-0.25, -0.2) is 0 Å². The zero-order chi connectivity index (χ0) is 11.5. The summed E-state index contributed by atoms with van der Waals surface area (Å²) in [6.45, 7) is 0.922. The molecular formula is C12H17NO3. The number of phenols is 2. The third-order valence-electron chi connectivity index (χ3n) is 3.07. The lowest BCUT2D eigenvalue weighted by Crippen LogP contribution is -2.38. The molecule has 4 N–H and O–H groups in total. The minimum Gasteiger partial charge on any atom is -0.504 e. The van der Waals surface area contributed by atoms with Crippen LogP contribution in [0.4, 0.5) is 0 Å². The zero-order valence-electron chi connectivity index (χ0n) is 9.06. The molecule has 88 valence electrons. The van der Waals surface area contributed by atoms with Crippen molar-refractivity contribution in [2.45, 2.75) is 31.4 Å². The number of aliphatic hydroxyl groups is 1. The van der Waals surface area contributed by atoms with Crippen LogP contribution in [0.25, 0.3) is 0 Å². The highest BCUT2D eigenvalue weighted by molar-refractivity contribution is 5.41. The number of nitrogens with one attached hydrogen (secondary N) is 1. The normalized spacial score (nSPS) is 22.9. The van der Waals surface area contributed by atoms with Crippen molar-refractivity contribution >= 4 is 0 Å². The highest BCUT2D eigenvalue weighted by atomic mass is 16.3. The van der Waals surface area contributed by atoms with Gasteiger partial charge in [-0.2, -0.15) is 0 Å². The summed E-state index contributed by atoms with van der Waals surface area (Å²) in [6.07, 6.45) is 2.55. The van der Waals surface area contributed by atoms with Gasteiger partial charge < -0.3 is 20.6 Å². The predicted octanol–water partition coefficient (Wildman–Crippen LogP) is 1.27. The molecule has 0 aliphatic carbocycles. The van der Waals surface area contributed by atoms with E-state index >= 15 is 0 Å². The first-order valence-corrected chi connectivity index (χ1v) is 5.62. The second-order valence-corrected chi connectivity index (χ2v) is 4.25. The summed E-state index contributed by atoms with van der Waals surface area (Å²) in [6, 6.07) is 4.49. The second-order valence-electron chi connectivity index (χ2n) is 4.25. The van der Waals surface area contributed by atoms with Gasteiger partial charge in [0.1, 0.15) is 0 Å². The summed E-state index contributed by atoms with van der Waals surface area (Å²) in [5.41, 5.74) is 0.634. The predicted molar refractivity (Wildman–Crippen MR) is 60.4 cm³/mol. The fourth-order valence-electron chi connectivity index (χ4n) is 2.11. The van der Waals surface area contributed by atoms with Crippen molar-refractivity contribution in [3.05, 3.63) is 23.8 Å². The summed E-state index contributed by atoms with van der Waals surface area (Å²) < 4.78 is 0. The van der Waals surface area contributed by atoms with Crippen molar-refractivity contribution in [2.24, 2.45) is 0 Å². The van der Waals surface area contributed by atoms with Gasteiger partial charge in [0, 0.05) is 6.04 Å². The molecule has 1 aromatic carbocycles. The minimum absolute atomic E-state index is 0.0395. The molecule has 1 aliphatic rings. The van der Waals surface area contributed by atoms with E-state index in [0.29, 0.717) is 5.56 Å². The number of hydrogen-bond donors (Lipinski definition) is 4. The maximum atomic E-state index is 10.1. The molecule has 1 fully saturated rings. The summed E-state index contributed by atoms with van der Waals surface area (Å²) in [7, 11) is 0. The van der Waals surface area contributed by atoms with Gasteiger partial charge in [-0.3, -0.25) is 0 Å². The third-order valence-corrected chi connectivity index (χ3v) is 3.07. The summed E-state index contributed by atoms with van der Waals surface area (Å²) in [4.78, 5) is 0. The number of aliphatic hydroxyl groups excluding tert-OH is 1. The number of rotatable bonds is 2. The van der Waals surface area contributed by atoms with Crippen molar-refractivity contribution in [3.63, 3.8) is 0 Å². The maximum Gasteiger partial charge on any atom is 0.157 e. The van der Waals surface area contributed by atoms with E-state index in [1.165, 1.54) is 12.1 Å². The first kappa shape index (κ1) is 11.2. The molecule has 16 heavy (non-hydrogen) atoms. The molecule has 0 radical (unpaired) electrons. The van der Waals surface area contributed by atoms with E-state index in [4.69, 9.17) is 0 Å². The SMILES string of the molecule is Oc1ccc([C@@H](O)C2CCCCN2)cc1O. The molecule has 1 aromatic rings. The van der Waals surface area contributed by atoms with Gasteiger partial charge in [-0.05, 0) is 37.1 Å². The Morgan fingerprint density at radius 2 is 2.00 bits per heavy atom. The summed E-state index contributed by atoms with van der Waals surface area (Å²) >= 11 is 0. The third kappa shape index (κ3) is 2.28. The van der Waals surface area contributed by atoms with E-state index in [1.54, 1.807) is 6.07 Å². The molecule has 0 spiro atoms. The van der Waals surface area contributed by atoms with E-state index in [2.05, 4.69) is 5.32 Å². The first-order valence-electron chi connectivity index (χ1n) is 5.62. The Morgan fingerprint density at radius 3 is 2.62 bits per heavy atom. The van der Waals surface area contributed by atoms with Crippen LogP contribution in [-0.4, -0.2) is 27.9 Å². The van der Waals surface area contributed by atoms with Crippen molar-refractivity contribution in [3.8, 4) is 11.5 Å². The van der Waals surface area contributed by atoms with Crippen LogP contribution in [0.15, 0.2) is 18.2 Å². The van der Waals surface area contributed by atoms with Gasteiger partial charge in [-0.15, -0.1) is 0 Å². The molecule has 4 heteroatoms. The molecule has 1 heterocycles. The van der Waals surface area contributed by atoms with Crippen LogP contribution >= 0.6 is 0 Å². The molecule has 4 nitrogen and oxygen atoms in total. The van der Waals surface area contributed by atoms with Crippen molar-refractivity contribution in [1.82, 2.24) is 5.32 Å². The second kappa shape index (κ2) is 4.72. The molecule has 1 aliphatic heterocycles. The maximum absolute atomic E-state index is 10.1. The highest BCUT2D eigenvalue weighted by Crippen LogP contribution is 2.30. The molecule has 2 rings (SSSR count). The van der Waals surface area contributed by atoms with Crippen LogP contribution in [0.3, 0.4) is 0 Å². The van der Waals surface area contributed by atoms with Crippen molar-refractivity contribution in [2.75, 3.05) is 6.54 Å². The monoisotopic (exact) mass is 223 g/mol. The molecular weight excluding hydrogens is 206 g/mol. The van der Waals surface area contributed by atoms with Crippen molar-refractivity contribution < 1.29 is 15.3 Å². The average Bonchev–Trinajstić information content (AvgIpc) is 2.33. The Balaban J connectivity index is 2.12. The van der Waals surface area contributed by atoms with Gasteiger partial charge in [-0.1, -0.05) is 12.5 Å². The fourth-order valence-corrected chi connectivity index (χ4v) is 2.11. The zero-order valence-corrected chi connectivity index (χ0v) is 9.06. The molecule has 2 atom stereocenters. The smallest absolute Gasteiger partial charge is 0.157 e. The Kier molecular flexibility index (Phi) is 3.31. The van der Waals surface area contributed by atoms with Crippen molar-refractivity contribution in [1.29, 1.82) is 0 Å². The van der Waals surface area contributed by atoms with Crippen LogP contribution in [0.1, 0.15) is 30.9 Å². The summed E-state index contributed by atoms with van der Waals surface area (Å²) in [5, 5.41) is 31.9. The van der Waals surface area contributed by atoms with Gasteiger partial charge in [0.2, 0.25) is 0 Å². The van der Waals surface area contributed by atoms with E-state index < -0.39 is 6.10 Å². The number of aromatic hydroxyl groups is 2. The fraction of sp³-hybridized carbons (Fsp3) is 0.500. The van der Waals surface area contributed by atoms with E-state index in [1.807, 2.05) is 0 Å². The molecule has 1 unspecified atom stereocenters. The average molecular weight is 223 g/mol. The van der Waals surface area contributed by atoms with E-state index in [-0.39, 0.29) is 17.5 Å². The van der Waals surface area contributed by atoms with Gasteiger partial charge in [0.25, 0.3) is 0 Å². The number of phenolic OH excluding ortho intramolecular Hbond substituents is 2. The lowest BCUT2D eigenvalue weighted by atomic mass is 9.95. The number of piperidine rings is 1. The minimum atomic E-state index is -0.633. The standard InChI is InChI=1S/C12H17NO3/c14-10-5-4-8(7-11(10)15)12(16)9-3-1-2-6-13-9/h4-5,7,9,12-16H,1-3,6H2/t9?,12-/m1/s1. The largest absolute Gasteiger partial charge is 0.504 e.